The summed E-state index contributed by atoms with van der Waals surface area (Å²) in [6.45, 7) is 16.7. The summed E-state index contributed by atoms with van der Waals surface area (Å²) in [5, 5.41) is 69.6. The van der Waals surface area contributed by atoms with Gasteiger partial charge in [0.25, 0.3) is 35.4 Å². The van der Waals surface area contributed by atoms with Crippen molar-refractivity contribution in [2.45, 2.75) is 83.1 Å². The largest absolute Gasteiger partial charge is 2.00 e. The number of pyridine rings is 6. The molecule has 0 fully saturated rings. The fourth-order valence-electron chi connectivity index (χ4n) is 6.85. The van der Waals surface area contributed by atoms with E-state index in [1.165, 1.54) is 36.4 Å². The molecule has 8 rings (SSSR count). The predicted octanol–water partition coefficient (Wildman–Crippen LogP) is 1.64. The first-order valence-corrected chi connectivity index (χ1v) is 27.8. The number of carboxylic acids is 6. The van der Waals surface area contributed by atoms with Crippen LogP contribution in [-0.4, -0.2) is 101 Å². The molecule has 6 aromatic heterocycles. The van der Waals surface area contributed by atoms with E-state index in [-0.39, 0.29) is 94.6 Å². The van der Waals surface area contributed by atoms with Gasteiger partial charge in [0.1, 0.15) is 34.9 Å². The van der Waals surface area contributed by atoms with Crippen molar-refractivity contribution in [3.8, 4) is 0 Å². The molecule has 6 N–H and O–H groups in total. The SMILES string of the molecule is CC(=O)[O-].CC(=O)[O-].CC(=O)[O-].CC(=O)[O-].CC(=O)[O-].CC(=O)[O-].Cc1cccc(NC(=O)c2cc(C(=O)Nc3cccc(C)n3)cc(C(=O)Nc3cccc(C)n3)c2)n1.Cc1cccc(NC(=O)c2cc(C(=O)Nc3cccc(C)n3)cc(C(=O)Nc3cccc(C)n3)c2)n1.[Pd+2].[Pd+2].[Pd+2]. The third kappa shape index (κ3) is 42.9. The standard InChI is InChI=1S/2C27H24N6O3.6C2H4O2.3Pd/c2*1-16-7-4-10-22(28-16)31-25(34)19-13-20(26(35)32-23-11-5-8-17(2)29-23)15-21(14-19)27(36)33-24-12-6-9-18(3)30-24;6*1-2(3)4;;;/h2*4-15H,1-3H3,(H,28,31,34)(H,29,32,35)(H,30,33,36);6*1H3,(H,3,4);;;/q;;;;;;;;3*+2/p-6. The minimum atomic E-state index is -1.08. The molecule has 0 aliphatic carbocycles. The van der Waals surface area contributed by atoms with Crippen LogP contribution < -0.4 is 62.5 Å². The van der Waals surface area contributed by atoms with Gasteiger partial charge in [0.15, 0.2) is 0 Å². The molecule has 6 amide bonds. The molecular formula is C66H66N12O18Pd3. The number of benzene rings is 2. The van der Waals surface area contributed by atoms with Gasteiger partial charge in [-0.25, -0.2) is 29.9 Å². The van der Waals surface area contributed by atoms with Crippen LogP contribution in [0.15, 0.2) is 146 Å². The summed E-state index contributed by atoms with van der Waals surface area (Å²) in [5.74, 6) is -7.46. The molecular weight excluding hydrogens is 1570 g/mol. The number of amides is 6. The first kappa shape index (κ1) is 92.2. The van der Waals surface area contributed by atoms with Gasteiger partial charge in [-0.1, -0.05) is 36.4 Å². The van der Waals surface area contributed by atoms with Gasteiger partial charge in [0, 0.05) is 103 Å². The molecule has 0 bridgehead atoms. The second kappa shape index (κ2) is 48.6. The number of aromatic nitrogens is 6. The third-order valence-corrected chi connectivity index (χ3v) is 10.2. The van der Waals surface area contributed by atoms with Crippen LogP contribution in [-0.2, 0) is 90.0 Å². The number of hydrogen-bond donors (Lipinski definition) is 6. The molecule has 0 spiro atoms. The Labute approximate surface area is 609 Å². The molecule has 0 atom stereocenters. The second-order valence-corrected chi connectivity index (χ2v) is 19.3. The number of carbonyl (C=O) groups excluding carboxylic acids is 12. The zero-order chi connectivity index (χ0) is 72.8. The van der Waals surface area contributed by atoms with Crippen molar-refractivity contribution in [2.75, 3.05) is 31.9 Å². The zero-order valence-electron chi connectivity index (χ0n) is 54.8. The molecule has 30 nitrogen and oxygen atoms in total. The van der Waals surface area contributed by atoms with Crippen molar-refractivity contribution in [2.24, 2.45) is 0 Å². The molecule has 0 radical (unpaired) electrons. The maximum Gasteiger partial charge on any atom is 2.00 e. The number of anilines is 6. The molecule has 33 heteroatoms. The van der Waals surface area contributed by atoms with E-state index in [4.69, 9.17) is 59.4 Å². The molecule has 8 aromatic rings. The van der Waals surface area contributed by atoms with Crippen LogP contribution in [0.2, 0.25) is 0 Å². The van der Waals surface area contributed by atoms with E-state index in [9.17, 15) is 28.8 Å². The van der Waals surface area contributed by atoms with Gasteiger partial charge in [-0.05, 0) is 192 Å². The average Bonchev–Trinajstić information content (AvgIpc) is 0.826. The Kier molecular flexibility index (Phi) is 45.3. The Morgan fingerprint density at radius 3 is 0.424 bits per heavy atom. The van der Waals surface area contributed by atoms with E-state index in [1.54, 1.807) is 72.8 Å². The number of hydrogen-bond acceptors (Lipinski definition) is 24. The summed E-state index contributed by atoms with van der Waals surface area (Å²) >= 11 is 0. The Hall–Kier alpha value is -11.0. The number of aliphatic carboxylic acids is 6. The van der Waals surface area contributed by atoms with Gasteiger partial charge >= 0.3 is 61.3 Å². The van der Waals surface area contributed by atoms with Crippen LogP contribution in [0, 0.1) is 41.5 Å². The Balaban J connectivity index is -0.00000137. The van der Waals surface area contributed by atoms with E-state index in [2.05, 4.69) is 61.8 Å². The minimum absolute atomic E-state index is 0. The van der Waals surface area contributed by atoms with E-state index in [1.807, 2.05) is 77.9 Å². The topological polar surface area (TPSA) is 493 Å². The number of aryl methyl sites for hydroxylation is 6. The minimum Gasteiger partial charge on any atom is -0.550 e. The van der Waals surface area contributed by atoms with E-state index < -0.39 is 71.3 Å². The molecule has 0 saturated heterocycles. The Morgan fingerprint density at radius 1 is 0.232 bits per heavy atom. The maximum absolute atomic E-state index is 13.0. The fourth-order valence-corrected chi connectivity index (χ4v) is 6.85. The normalized spacial score (nSPS) is 9.09. The van der Waals surface area contributed by atoms with E-state index in [0.29, 0.717) is 34.9 Å². The van der Waals surface area contributed by atoms with Gasteiger partial charge in [-0.3, -0.25) is 28.8 Å². The molecule has 2 aromatic carbocycles. The smallest absolute Gasteiger partial charge is 0.550 e. The van der Waals surface area contributed by atoms with Gasteiger partial charge < -0.3 is 91.3 Å². The Bertz CT molecular complexity index is 3370. The van der Waals surface area contributed by atoms with Crippen molar-refractivity contribution in [3.63, 3.8) is 0 Å². The van der Waals surface area contributed by atoms with Gasteiger partial charge in [-0.2, -0.15) is 0 Å². The molecule has 0 saturated carbocycles. The molecule has 0 aliphatic heterocycles. The van der Waals surface area contributed by atoms with Crippen LogP contribution in [0.4, 0.5) is 34.9 Å². The first-order chi connectivity index (χ1) is 44.9. The number of nitrogens with zero attached hydrogens (tertiary/aromatic N) is 6. The molecule has 0 unspecified atom stereocenters. The van der Waals surface area contributed by atoms with Crippen LogP contribution in [0.1, 0.15) is 138 Å². The third-order valence-electron chi connectivity index (χ3n) is 10.2. The van der Waals surface area contributed by atoms with E-state index in [0.717, 1.165) is 75.7 Å². The van der Waals surface area contributed by atoms with Crippen LogP contribution in [0.3, 0.4) is 0 Å². The number of nitrogens with one attached hydrogen (secondary N) is 6. The van der Waals surface area contributed by atoms with Gasteiger partial charge in [-0.15, -0.1) is 0 Å². The maximum atomic E-state index is 13.0. The molecule has 0 aliphatic rings. The van der Waals surface area contributed by atoms with Crippen molar-refractivity contribution >= 4 is 106 Å². The monoisotopic (exact) mass is 1630 g/mol. The second-order valence-electron chi connectivity index (χ2n) is 19.3. The van der Waals surface area contributed by atoms with Crippen molar-refractivity contribution in [3.05, 3.63) is 213 Å². The van der Waals surface area contributed by atoms with Crippen molar-refractivity contribution in [1.82, 2.24) is 29.9 Å². The van der Waals surface area contributed by atoms with Crippen LogP contribution in [0.5, 0.6) is 0 Å². The predicted molar refractivity (Wildman–Crippen MR) is 339 cm³/mol. The van der Waals surface area contributed by atoms with Gasteiger partial charge in [0.05, 0.1) is 0 Å². The summed E-state index contributed by atoms with van der Waals surface area (Å²) in [6, 6.07) is 39.9. The van der Waals surface area contributed by atoms with Crippen LogP contribution >= 0.6 is 0 Å². The summed E-state index contributed by atoms with van der Waals surface area (Å²) in [4.78, 5) is 157. The van der Waals surface area contributed by atoms with Gasteiger partial charge in [0.2, 0.25) is 0 Å². The van der Waals surface area contributed by atoms with Crippen molar-refractivity contribution in [1.29, 1.82) is 0 Å². The number of carbonyl (C=O) groups is 12. The van der Waals surface area contributed by atoms with Crippen molar-refractivity contribution < 1.29 is 149 Å². The summed E-state index contributed by atoms with van der Waals surface area (Å²) in [5.41, 5.74) is 5.10. The van der Waals surface area contributed by atoms with E-state index >= 15 is 0 Å². The summed E-state index contributed by atoms with van der Waals surface area (Å²) < 4.78 is 0. The van der Waals surface area contributed by atoms with Crippen LogP contribution in [0.25, 0.3) is 0 Å². The zero-order valence-corrected chi connectivity index (χ0v) is 59.5. The molecule has 528 valence electrons. The number of carboxylic acid groups (broad SMARTS) is 6. The quantitative estimate of drug-likeness (QED) is 0.0947. The molecule has 99 heavy (non-hydrogen) atoms. The molecule has 6 heterocycles. The summed E-state index contributed by atoms with van der Waals surface area (Å²) in [6.07, 6.45) is 0. The first-order valence-electron chi connectivity index (χ1n) is 27.8. The Morgan fingerprint density at radius 2 is 0.333 bits per heavy atom. The fraction of sp³-hybridized carbons (Fsp3) is 0.182. The average molecular weight is 1630 g/mol. The number of rotatable bonds is 12. The summed E-state index contributed by atoms with van der Waals surface area (Å²) in [7, 11) is 0.